The highest BCUT2D eigenvalue weighted by atomic mass is 35.5. The molecular weight excluding hydrogens is 450 g/mol. The van der Waals surface area contributed by atoms with Crippen LogP contribution in [0.15, 0.2) is 83.5 Å². The Morgan fingerprint density at radius 2 is 1.76 bits per heavy atom. The molecule has 0 aliphatic carbocycles. The van der Waals surface area contributed by atoms with Crippen LogP contribution in [-0.2, 0) is 4.79 Å². The van der Waals surface area contributed by atoms with E-state index in [0.29, 0.717) is 16.6 Å². The molecule has 0 fully saturated rings. The van der Waals surface area contributed by atoms with Crippen LogP contribution < -0.4 is 9.80 Å². The highest BCUT2D eigenvalue weighted by Crippen LogP contribution is 2.39. The van der Waals surface area contributed by atoms with E-state index in [9.17, 15) is 4.79 Å². The Morgan fingerprint density at radius 3 is 2.45 bits per heavy atom. The minimum atomic E-state index is -0.166. The first-order valence-electron chi connectivity index (χ1n) is 10.6. The van der Waals surface area contributed by atoms with Gasteiger partial charge in [-0.1, -0.05) is 54.1 Å². The number of aryl methyl sites for hydroxylation is 1. The molecule has 0 atom stereocenters. The Balaban J connectivity index is 1.65. The van der Waals surface area contributed by atoms with Crippen molar-refractivity contribution in [2.45, 2.75) is 6.92 Å². The number of rotatable bonds is 4. The van der Waals surface area contributed by atoms with E-state index < -0.39 is 0 Å². The number of amidine groups is 1. The number of nitrogens with zero attached hydrogens (tertiary/aromatic N) is 3. The highest BCUT2D eigenvalue weighted by Gasteiger charge is 2.35. The lowest BCUT2D eigenvalue weighted by molar-refractivity contribution is -0.113. The molecule has 2 heterocycles. The predicted octanol–water partition coefficient (Wildman–Crippen LogP) is 6.76. The van der Waals surface area contributed by atoms with E-state index in [4.69, 9.17) is 16.6 Å². The van der Waals surface area contributed by atoms with Gasteiger partial charge in [0.25, 0.3) is 5.91 Å². The quantitative estimate of drug-likeness (QED) is 0.308. The molecule has 1 aromatic heterocycles. The number of hydrogen-bond donors (Lipinski definition) is 0. The van der Waals surface area contributed by atoms with E-state index in [1.165, 1.54) is 0 Å². The van der Waals surface area contributed by atoms with Crippen molar-refractivity contribution in [1.29, 1.82) is 0 Å². The molecule has 0 spiro atoms. The smallest absolute Gasteiger partial charge is 0.282 e. The summed E-state index contributed by atoms with van der Waals surface area (Å²) >= 11 is 8.34. The lowest BCUT2D eigenvalue weighted by Crippen LogP contribution is -2.32. The number of thiophene rings is 1. The molecule has 5 rings (SSSR count). The summed E-state index contributed by atoms with van der Waals surface area (Å²) in [7, 11) is 4.00. The number of anilines is 2. The Morgan fingerprint density at radius 1 is 1.00 bits per heavy atom. The van der Waals surface area contributed by atoms with Crippen molar-refractivity contribution in [3.8, 4) is 0 Å². The van der Waals surface area contributed by atoms with Crippen LogP contribution in [-0.4, -0.2) is 25.8 Å². The van der Waals surface area contributed by atoms with Gasteiger partial charge in [0.15, 0.2) is 5.84 Å². The number of hydrogen-bond acceptors (Lipinski definition) is 4. The Kier molecular flexibility index (Phi) is 5.52. The Labute approximate surface area is 202 Å². The normalized spacial score (nSPS) is 14.9. The third-order valence-electron chi connectivity index (χ3n) is 5.57. The Hall–Kier alpha value is -3.41. The molecule has 1 aliphatic heterocycles. The standard InChI is InChI=1S/C27H22ClN3OS/c1-17-7-6-8-20(15-17)31-26(25-24(28)21-9-4-5-10-23(21)33-25)29-22(27(31)32)16-18-11-13-19(14-12-18)30(2)3/h4-16H,1-3H3/b22-16+. The maximum atomic E-state index is 13.6. The molecule has 33 heavy (non-hydrogen) atoms. The van der Waals surface area contributed by atoms with Crippen LogP contribution in [0.25, 0.3) is 16.2 Å². The van der Waals surface area contributed by atoms with Crippen molar-refractivity contribution >= 4 is 62.2 Å². The molecule has 4 aromatic rings. The third-order valence-corrected chi connectivity index (χ3v) is 7.24. The first kappa shape index (κ1) is 21.4. The van der Waals surface area contributed by atoms with Gasteiger partial charge in [-0.3, -0.25) is 9.69 Å². The predicted molar refractivity (Wildman–Crippen MR) is 141 cm³/mol. The number of amides is 1. The van der Waals surface area contributed by atoms with Crippen LogP contribution in [0.1, 0.15) is 16.0 Å². The van der Waals surface area contributed by atoms with Crippen molar-refractivity contribution in [3.63, 3.8) is 0 Å². The lowest BCUT2D eigenvalue weighted by Gasteiger charge is -2.18. The summed E-state index contributed by atoms with van der Waals surface area (Å²) in [6.45, 7) is 2.01. The van der Waals surface area contributed by atoms with Crippen molar-refractivity contribution in [2.24, 2.45) is 4.99 Å². The first-order chi connectivity index (χ1) is 15.9. The molecule has 0 unspecified atom stereocenters. The maximum Gasteiger partial charge on any atom is 0.282 e. The maximum absolute atomic E-state index is 13.6. The summed E-state index contributed by atoms with van der Waals surface area (Å²) in [5.74, 6) is 0.397. The van der Waals surface area contributed by atoms with Crippen LogP contribution in [0.3, 0.4) is 0 Å². The fourth-order valence-electron chi connectivity index (χ4n) is 3.86. The number of halogens is 1. The van der Waals surface area contributed by atoms with Gasteiger partial charge in [0, 0.05) is 29.9 Å². The molecule has 0 bridgehead atoms. The molecule has 164 valence electrons. The molecular formula is C27H22ClN3OS. The second kappa shape index (κ2) is 8.50. The van der Waals surface area contributed by atoms with Crippen molar-refractivity contribution in [2.75, 3.05) is 23.9 Å². The zero-order valence-electron chi connectivity index (χ0n) is 18.5. The van der Waals surface area contributed by atoms with Crippen molar-refractivity contribution < 1.29 is 4.79 Å². The molecule has 0 radical (unpaired) electrons. The van der Waals surface area contributed by atoms with Crippen LogP contribution in [0.5, 0.6) is 0 Å². The topological polar surface area (TPSA) is 35.9 Å². The molecule has 0 saturated carbocycles. The molecule has 1 amide bonds. The molecule has 0 saturated heterocycles. The number of fused-ring (bicyclic) bond motifs is 1. The van der Waals surface area contributed by atoms with Gasteiger partial charge >= 0.3 is 0 Å². The van der Waals surface area contributed by atoms with E-state index in [0.717, 1.165) is 37.5 Å². The fourth-order valence-corrected chi connectivity index (χ4v) is 5.36. The Bertz CT molecular complexity index is 1430. The average Bonchev–Trinajstić information content (AvgIpc) is 3.31. The van der Waals surface area contributed by atoms with Crippen LogP contribution in [0, 0.1) is 6.92 Å². The molecule has 3 aromatic carbocycles. The van der Waals surface area contributed by atoms with Gasteiger partial charge in [-0.05, 0) is 54.5 Å². The minimum absolute atomic E-state index is 0.166. The highest BCUT2D eigenvalue weighted by molar-refractivity contribution is 7.21. The summed E-state index contributed by atoms with van der Waals surface area (Å²) in [6, 6.07) is 23.9. The molecule has 4 nitrogen and oxygen atoms in total. The van der Waals surface area contributed by atoms with E-state index in [-0.39, 0.29) is 5.91 Å². The second-order valence-corrected chi connectivity index (χ2v) is 9.60. The van der Waals surface area contributed by atoms with Crippen LogP contribution >= 0.6 is 22.9 Å². The largest absolute Gasteiger partial charge is 0.378 e. The number of benzene rings is 3. The van der Waals surface area contributed by atoms with E-state index in [2.05, 4.69) is 0 Å². The zero-order valence-corrected chi connectivity index (χ0v) is 20.1. The van der Waals surface area contributed by atoms with Gasteiger partial charge in [0.2, 0.25) is 0 Å². The SMILES string of the molecule is Cc1cccc(N2C(=O)/C(=C\c3ccc(N(C)C)cc3)N=C2c2sc3ccccc3c2Cl)c1. The number of carbonyl (C=O) groups excluding carboxylic acids is 1. The van der Waals surface area contributed by atoms with E-state index in [1.54, 1.807) is 16.2 Å². The van der Waals surface area contributed by atoms with Crippen molar-refractivity contribution in [1.82, 2.24) is 0 Å². The van der Waals surface area contributed by atoms with Gasteiger partial charge in [-0.25, -0.2) is 4.99 Å². The molecule has 1 aliphatic rings. The lowest BCUT2D eigenvalue weighted by atomic mass is 10.1. The molecule has 6 heteroatoms. The summed E-state index contributed by atoms with van der Waals surface area (Å²) in [4.78, 5) is 22.9. The third kappa shape index (κ3) is 3.94. The zero-order chi connectivity index (χ0) is 23.1. The van der Waals surface area contributed by atoms with Gasteiger partial charge in [-0.15, -0.1) is 11.3 Å². The summed E-state index contributed by atoms with van der Waals surface area (Å²) < 4.78 is 1.06. The summed E-state index contributed by atoms with van der Waals surface area (Å²) in [5, 5.41) is 1.59. The second-order valence-electron chi connectivity index (χ2n) is 8.17. The summed E-state index contributed by atoms with van der Waals surface area (Å²) in [5.41, 5.74) is 4.24. The van der Waals surface area contributed by atoms with Gasteiger partial charge < -0.3 is 4.90 Å². The number of carbonyl (C=O) groups is 1. The van der Waals surface area contributed by atoms with Gasteiger partial charge in [0.05, 0.1) is 15.6 Å². The van der Waals surface area contributed by atoms with Gasteiger partial charge in [0.1, 0.15) is 5.70 Å². The molecule has 0 N–H and O–H groups in total. The van der Waals surface area contributed by atoms with Gasteiger partial charge in [-0.2, -0.15) is 0 Å². The number of aliphatic imine (C=N–C) groups is 1. The first-order valence-corrected chi connectivity index (χ1v) is 11.8. The fraction of sp³-hybridized carbons (Fsp3) is 0.111. The van der Waals surface area contributed by atoms with E-state index in [1.807, 2.05) is 105 Å². The monoisotopic (exact) mass is 471 g/mol. The van der Waals surface area contributed by atoms with Crippen LogP contribution in [0.4, 0.5) is 11.4 Å². The van der Waals surface area contributed by atoms with Crippen molar-refractivity contribution in [3.05, 3.63) is 99.5 Å². The van der Waals surface area contributed by atoms with Crippen LogP contribution in [0.2, 0.25) is 5.02 Å². The minimum Gasteiger partial charge on any atom is -0.378 e. The average molecular weight is 472 g/mol. The summed E-state index contributed by atoms with van der Waals surface area (Å²) in [6.07, 6.45) is 1.83. The van der Waals surface area contributed by atoms with E-state index >= 15 is 0 Å².